The number of rotatable bonds is 4. The summed E-state index contributed by atoms with van der Waals surface area (Å²) in [7, 11) is 0. The Balaban J connectivity index is 2.29. The third-order valence-corrected chi connectivity index (χ3v) is 3.64. The zero-order valence-electron chi connectivity index (χ0n) is 15.4. The third kappa shape index (κ3) is 4.70. The molecule has 0 unspecified atom stereocenters. The van der Waals surface area contributed by atoms with Crippen molar-refractivity contribution in [1.29, 1.82) is 5.26 Å². The van der Waals surface area contributed by atoms with E-state index >= 15 is 0 Å². The molecule has 0 bridgehead atoms. The molecule has 5 nitrogen and oxygen atoms in total. The molecule has 0 saturated carbocycles. The summed E-state index contributed by atoms with van der Waals surface area (Å²) in [6, 6.07) is 16.1. The van der Waals surface area contributed by atoms with E-state index in [0.717, 1.165) is 0 Å². The lowest BCUT2D eigenvalue weighted by atomic mass is 9.96. The Labute approximate surface area is 153 Å². The quantitative estimate of drug-likeness (QED) is 0.853. The molecule has 0 aliphatic carbocycles. The van der Waals surface area contributed by atoms with E-state index in [1.54, 1.807) is 48.5 Å². The lowest BCUT2D eigenvalue weighted by molar-refractivity contribution is -0.130. The van der Waals surface area contributed by atoms with Crippen LogP contribution >= 0.6 is 0 Å². The first-order valence-corrected chi connectivity index (χ1v) is 8.34. The van der Waals surface area contributed by atoms with Crippen molar-refractivity contribution in [2.24, 2.45) is 0 Å². The smallest absolute Gasteiger partial charge is 0.339 e. The molecule has 2 aromatic rings. The van der Waals surface area contributed by atoms with Gasteiger partial charge in [0.25, 0.3) is 5.91 Å². The minimum atomic E-state index is -0.930. The minimum absolute atomic E-state index is 0.311. The summed E-state index contributed by atoms with van der Waals surface area (Å²) >= 11 is 0. The lowest BCUT2D eigenvalue weighted by Crippen LogP contribution is -2.46. The van der Waals surface area contributed by atoms with E-state index in [9.17, 15) is 14.9 Å². The van der Waals surface area contributed by atoms with Crippen molar-refractivity contribution in [3.63, 3.8) is 0 Å². The first-order valence-electron chi connectivity index (χ1n) is 8.34. The second kappa shape index (κ2) is 7.83. The number of hydrogen-bond acceptors (Lipinski definition) is 4. The zero-order chi connectivity index (χ0) is 19.3. The number of nitriles is 1. The summed E-state index contributed by atoms with van der Waals surface area (Å²) < 4.78 is 5.35. The second-order valence-electron chi connectivity index (χ2n) is 6.99. The second-order valence-corrected chi connectivity index (χ2v) is 6.99. The molecule has 0 aromatic heterocycles. The van der Waals surface area contributed by atoms with Crippen LogP contribution in [0.5, 0.6) is 0 Å². The van der Waals surface area contributed by atoms with Gasteiger partial charge in [0.1, 0.15) is 0 Å². The maximum atomic E-state index is 12.6. The van der Waals surface area contributed by atoms with Gasteiger partial charge in [-0.2, -0.15) is 5.26 Å². The van der Waals surface area contributed by atoms with Gasteiger partial charge in [0.05, 0.1) is 17.2 Å². The molecule has 5 heteroatoms. The van der Waals surface area contributed by atoms with E-state index < -0.39 is 17.6 Å². The normalized spacial score (nSPS) is 12.0. The van der Waals surface area contributed by atoms with Crippen LogP contribution in [0.3, 0.4) is 0 Å². The van der Waals surface area contributed by atoms with Crippen LogP contribution in [0.2, 0.25) is 0 Å². The number of hydrogen-bond donors (Lipinski definition) is 1. The molecular weight excluding hydrogens is 328 g/mol. The summed E-state index contributed by atoms with van der Waals surface area (Å²) in [5.74, 6) is -0.967. The van der Waals surface area contributed by atoms with Gasteiger partial charge >= 0.3 is 5.97 Å². The molecule has 1 amide bonds. The van der Waals surface area contributed by atoms with Gasteiger partial charge in [-0.05, 0) is 45.4 Å². The predicted octanol–water partition coefficient (Wildman–Crippen LogP) is 3.69. The SMILES string of the molecule is C[C@@H](OC(=O)c1ccccc1-c1ccccc1C#N)C(=O)NC(C)(C)C. The number of nitrogens with zero attached hydrogens (tertiary/aromatic N) is 1. The molecule has 0 aliphatic heterocycles. The first-order chi connectivity index (χ1) is 12.2. The average Bonchev–Trinajstić information content (AvgIpc) is 2.60. The fourth-order valence-electron chi connectivity index (χ4n) is 2.46. The number of benzene rings is 2. The Kier molecular flexibility index (Phi) is 5.78. The Morgan fingerprint density at radius 2 is 1.62 bits per heavy atom. The number of esters is 1. The standard InChI is InChI=1S/C21H22N2O3/c1-14(19(24)23-21(2,3)4)26-20(25)18-12-8-7-11-17(18)16-10-6-5-9-15(16)13-22/h5-12,14H,1-4H3,(H,23,24)/t14-/m1/s1. The molecule has 0 fully saturated rings. The van der Waals surface area contributed by atoms with Crippen molar-refractivity contribution in [3.05, 3.63) is 59.7 Å². The number of carbonyl (C=O) groups is 2. The van der Waals surface area contributed by atoms with Gasteiger partial charge in [-0.15, -0.1) is 0 Å². The van der Waals surface area contributed by atoms with Crippen molar-refractivity contribution in [2.75, 3.05) is 0 Å². The Bertz CT molecular complexity index is 860. The van der Waals surface area contributed by atoms with Gasteiger partial charge < -0.3 is 10.1 Å². The zero-order valence-corrected chi connectivity index (χ0v) is 15.4. The summed E-state index contributed by atoms with van der Waals surface area (Å²) in [4.78, 5) is 24.8. The van der Waals surface area contributed by atoms with E-state index in [4.69, 9.17) is 4.74 Å². The maximum Gasteiger partial charge on any atom is 0.339 e. The summed E-state index contributed by atoms with van der Waals surface area (Å²) in [6.45, 7) is 7.10. The topological polar surface area (TPSA) is 79.2 Å². The highest BCUT2D eigenvalue weighted by atomic mass is 16.5. The molecule has 26 heavy (non-hydrogen) atoms. The highest BCUT2D eigenvalue weighted by Crippen LogP contribution is 2.27. The van der Waals surface area contributed by atoms with Crippen molar-refractivity contribution >= 4 is 11.9 Å². The Hall–Kier alpha value is -3.13. The predicted molar refractivity (Wildman–Crippen MR) is 99.4 cm³/mol. The monoisotopic (exact) mass is 350 g/mol. The van der Waals surface area contributed by atoms with Crippen LogP contribution < -0.4 is 5.32 Å². The maximum absolute atomic E-state index is 12.6. The molecule has 2 rings (SSSR count). The summed E-state index contributed by atoms with van der Waals surface area (Å²) in [6.07, 6.45) is -0.930. The molecule has 0 aliphatic rings. The van der Waals surface area contributed by atoms with Gasteiger partial charge in [0.15, 0.2) is 6.10 Å². The minimum Gasteiger partial charge on any atom is -0.449 e. The largest absolute Gasteiger partial charge is 0.449 e. The number of ether oxygens (including phenoxy) is 1. The van der Waals surface area contributed by atoms with Crippen LogP contribution in [-0.4, -0.2) is 23.5 Å². The molecule has 134 valence electrons. The van der Waals surface area contributed by atoms with Crippen molar-refractivity contribution in [3.8, 4) is 17.2 Å². The molecule has 0 spiro atoms. The van der Waals surface area contributed by atoms with Crippen molar-refractivity contribution in [1.82, 2.24) is 5.32 Å². The Morgan fingerprint density at radius 1 is 1.04 bits per heavy atom. The van der Waals surface area contributed by atoms with Crippen molar-refractivity contribution < 1.29 is 14.3 Å². The average molecular weight is 350 g/mol. The fourth-order valence-corrected chi connectivity index (χ4v) is 2.46. The van der Waals surface area contributed by atoms with Crippen LogP contribution in [0.1, 0.15) is 43.6 Å². The highest BCUT2D eigenvalue weighted by molar-refractivity contribution is 5.99. The summed E-state index contributed by atoms with van der Waals surface area (Å²) in [5, 5.41) is 12.1. The van der Waals surface area contributed by atoms with Gasteiger partial charge in [-0.25, -0.2) is 4.79 Å². The van der Waals surface area contributed by atoms with Gasteiger partial charge in [-0.3, -0.25) is 4.79 Å². The van der Waals surface area contributed by atoms with Crippen LogP contribution in [0.4, 0.5) is 0 Å². The van der Waals surface area contributed by atoms with E-state index in [0.29, 0.717) is 22.3 Å². The van der Waals surface area contributed by atoms with Crippen molar-refractivity contribution in [2.45, 2.75) is 39.3 Å². The lowest BCUT2D eigenvalue weighted by Gasteiger charge is -2.23. The number of carbonyl (C=O) groups excluding carboxylic acids is 2. The highest BCUT2D eigenvalue weighted by Gasteiger charge is 2.24. The summed E-state index contributed by atoms with van der Waals surface area (Å²) in [5.41, 5.74) is 1.60. The van der Waals surface area contributed by atoms with Crippen LogP contribution in [-0.2, 0) is 9.53 Å². The molecular formula is C21H22N2O3. The van der Waals surface area contributed by atoms with E-state index in [2.05, 4.69) is 11.4 Å². The van der Waals surface area contributed by atoms with E-state index in [1.807, 2.05) is 20.8 Å². The molecule has 0 saturated heterocycles. The molecule has 1 atom stereocenters. The van der Waals surface area contributed by atoms with Gasteiger partial charge in [0, 0.05) is 11.1 Å². The Morgan fingerprint density at radius 3 is 2.23 bits per heavy atom. The fraction of sp³-hybridized carbons (Fsp3) is 0.286. The first kappa shape index (κ1) is 19.2. The number of nitrogens with one attached hydrogen (secondary N) is 1. The van der Waals surface area contributed by atoms with Crippen LogP contribution in [0.25, 0.3) is 11.1 Å². The van der Waals surface area contributed by atoms with Crippen LogP contribution in [0, 0.1) is 11.3 Å². The third-order valence-electron chi connectivity index (χ3n) is 3.64. The molecule has 1 N–H and O–H groups in total. The van der Waals surface area contributed by atoms with Gasteiger partial charge in [-0.1, -0.05) is 36.4 Å². The van der Waals surface area contributed by atoms with Gasteiger partial charge in [0.2, 0.25) is 0 Å². The van der Waals surface area contributed by atoms with E-state index in [1.165, 1.54) is 6.92 Å². The molecule has 2 aromatic carbocycles. The molecule has 0 radical (unpaired) electrons. The van der Waals surface area contributed by atoms with Crippen LogP contribution in [0.15, 0.2) is 48.5 Å². The van der Waals surface area contributed by atoms with E-state index in [-0.39, 0.29) is 5.91 Å². The molecule has 0 heterocycles. The number of amides is 1.